The number of aliphatic hydroxyl groups is 3. The number of hydrogen-bond acceptors (Lipinski definition) is 6. The molecule has 1 atom stereocenters. The molecule has 0 aliphatic carbocycles. The lowest BCUT2D eigenvalue weighted by Crippen LogP contribution is -2.35. The van der Waals surface area contributed by atoms with Gasteiger partial charge in [0.25, 0.3) is 5.79 Å². The molecule has 1 unspecified atom stereocenters. The standard InChI is InChI=1S/C16H12O7/c17-12-9(14(19)20)6-7-10-11(12)13(18)15(21)23-16(10,22)8-4-2-1-3-5-8/h1-7,17-18,21-22H,(H,19,20). The molecule has 3 rings (SSSR count). The first-order chi connectivity index (χ1) is 10.9. The van der Waals surface area contributed by atoms with E-state index in [1.807, 2.05) is 0 Å². The number of phenols is 1. The largest absolute Gasteiger partial charge is 0.506 e. The number of hydrogen-bond donors (Lipinski definition) is 5. The highest BCUT2D eigenvalue weighted by molar-refractivity contribution is 5.93. The summed E-state index contributed by atoms with van der Waals surface area (Å²) < 4.78 is 5.04. The van der Waals surface area contributed by atoms with E-state index in [0.29, 0.717) is 0 Å². The van der Waals surface area contributed by atoms with Crippen LogP contribution in [0.15, 0.2) is 48.4 Å². The van der Waals surface area contributed by atoms with Gasteiger partial charge < -0.3 is 30.3 Å². The monoisotopic (exact) mass is 316 g/mol. The van der Waals surface area contributed by atoms with Crippen molar-refractivity contribution in [3.05, 3.63) is 70.7 Å². The van der Waals surface area contributed by atoms with Crippen molar-refractivity contribution in [1.82, 2.24) is 0 Å². The van der Waals surface area contributed by atoms with Crippen LogP contribution in [0.3, 0.4) is 0 Å². The van der Waals surface area contributed by atoms with Crippen molar-refractivity contribution in [3.8, 4) is 5.75 Å². The quantitative estimate of drug-likeness (QED) is 0.573. The van der Waals surface area contributed by atoms with Crippen LogP contribution in [0.25, 0.3) is 5.76 Å². The molecule has 23 heavy (non-hydrogen) atoms. The summed E-state index contributed by atoms with van der Waals surface area (Å²) in [6, 6.07) is 10.3. The Kier molecular flexibility index (Phi) is 3.15. The SMILES string of the molecule is O=C(O)c1ccc2c(c1O)C(O)=C(O)OC2(O)c1ccccc1. The summed E-state index contributed by atoms with van der Waals surface area (Å²) in [5, 5.41) is 49.7. The van der Waals surface area contributed by atoms with Crippen molar-refractivity contribution in [2.75, 3.05) is 0 Å². The second-order valence-electron chi connectivity index (χ2n) is 4.96. The number of aliphatic hydroxyl groups excluding tert-OH is 2. The van der Waals surface area contributed by atoms with Crippen LogP contribution >= 0.6 is 0 Å². The molecule has 2 aromatic rings. The van der Waals surface area contributed by atoms with Gasteiger partial charge in [-0.3, -0.25) is 0 Å². The van der Waals surface area contributed by atoms with Gasteiger partial charge in [0.1, 0.15) is 11.3 Å². The lowest BCUT2D eigenvalue weighted by atomic mass is 9.88. The number of ether oxygens (including phenoxy) is 1. The summed E-state index contributed by atoms with van der Waals surface area (Å²) in [4.78, 5) is 11.1. The maximum absolute atomic E-state index is 11.1. The molecule has 2 aromatic carbocycles. The van der Waals surface area contributed by atoms with Crippen molar-refractivity contribution in [2.45, 2.75) is 5.79 Å². The molecule has 1 heterocycles. The number of carboxylic acid groups (broad SMARTS) is 1. The zero-order chi connectivity index (χ0) is 16.8. The van der Waals surface area contributed by atoms with Crippen molar-refractivity contribution < 1.29 is 35.1 Å². The van der Waals surface area contributed by atoms with Crippen LogP contribution in [-0.4, -0.2) is 31.5 Å². The summed E-state index contributed by atoms with van der Waals surface area (Å²) in [7, 11) is 0. The number of aromatic carboxylic acids is 1. The van der Waals surface area contributed by atoms with E-state index >= 15 is 0 Å². The molecule has 0 saturated heterocycles. The summed E-state index contributed by atoms with van der Waals surface area (Å²) in [5.41, 5.74) is -0.760. The summed E-state index contributed by atoms with van der Waals surface area (Å²) in [5.74, 6) is -6.28. The van der Waals surface area contributed by atoms with Gasteiger partial charge in [0.05, 0.1) is 5.56 Å². The topological polar surface area (TPSA) is 127 Å². The third-order valence-electron chi connectivity index (χ3n) is 3.62. The van der Waals surface area contributed by atoms with E-state index in [2.05, 4.69) is 0 Å². The van der Waals surface area contributed by atoms with Gasteiger partial charge >= 0.3 is 11.9 Å². The molecule has 0 fully saturated rings. The molecule has 7 heteroatoms. The van der Waals surface area contributed by atoms with Gasteiger partial charge in [0, 0.05) is 11.1 Å². The van der Waals surface area contributed by atoms with Gasteiger partial charge in [0.15, 0.2) is 0 Å². The minimum Gasteiger partial charge on any atom is -0.506 e. The van der Waals surface area contributed by atoms with E-state index in [-0.39, 0.29) is 11.1 Å². The summed E-state index contributed by atoms with van der Waals surface area (Å²) in [6.45, 7) is 0. The molecular formula is C16H12O7. The number of fused-ring (bicyclic) bond motifs is 1. The fourth-order valence-electron chi connectivity index (χ4n) is 2.51. The first kappa shape index (κ1) is 14.7. The van der Waals surface area contributed by atoms with Crippen molar-refractivity contribution >= 4 is 11.7 Å². The molecule has 1 aliphatic rings. The average molecular weight is 316 g/mol. The lowest BCUT2D eigenvalue weighted by Gasteiger charge is -2.34. The van der Waals surface area contributed by atoms with Crippen LogP contribution in [0.5, 0.6) is 5.75 Å². The zero-order valence-electron chi connectivity index (χ0n) is 11.6. The highest BCUT2D eigenvalue weighted by atomic mass is 16.7. The van der Waals surface area contributed by atoms with Crippen molar-refractivity contribution in [1.29, 1.82) is 0 Å². The average Bonchev–Trinajstić information content (AvgIpc) is 2.53. The first-order valence-electron chi connectivity index (χ1n) is 6.55. The summed E-state index contributed by atoms with van der Waals surface area (Å²) in [6.07, 6.45) is 0. The van der Waals surface area contributed by atoms with Gasteiger partial charge in [-0.05, 0) is 6.07 Å². The fraction of sp³-hybridized carbons (Fsp3) is 0.0625. The number of carbonyl (C=O) groups is 1. The van der Waals surface area contributed by atoms with E-state index in [0.717, 1.165) is 6.07 Å². The Morgan fingerprint density at radius 3 is 2.26 bits per heavy atom. The van der Waals surface area contributed by atoms with Crippen LogP contribution in [0.2, 0.25) is 0 Å². The number of benzene rings is 2. The fourth-order valence-corrected chi connectivity index (χ4v) is 2.51. The van der Waals surface area contributed by atoms with Gasteiger partial charge in [-0.15, -0.1) is 0 Å². The van der Waals surface area contributed by atoms with Gasteiger partial charge in [-0.1, -0.05) is 36.4 Å². The smallest absolute Gasteiger partial charge is 0.339 e. The highest BCUT2D eigenvalue weighted by Gasteiger charge is 2.44. The third kappa shape index (κ3) is 2.06. The second kappa shape index (κ2) is 4.92. The Balaban J connectivity index is 2.33. The minimum atomic E-state index is -2.19. The molecule has 0 spiro atoms. The van der Waals surface area contributed by atoms with E-state index in [4.69, 9.17) is 9.84 Å². The van der Waals surface area contributed by atoms with Crippen LogP contribution < -0.4 is 0 Å². The Hall–Kier alpha value is -3.19. The predicted molar refractivity (Wildman–Crippen MR) is 77.8 cm³/mol. The third-order valence-corrected chi connectivity index (χ3v) is 3.62. The van der Waals surface area contributed by atoms with Crippen LogP contribution in [0.1, 0.15) is 27.0 Å². The van der Waals surface area contributed by atoms with Crippen molar-refractivity contribution in [2.24, 2.45) is 0 Å². The van der Waals surface area contributed by atoms with Gasteiger partial charge in [-0.25, -0.2) is 4.79 Å². The Labute approximate surface area is 129 Å². The van der Waals surface area contributed by atoms with Gasteiger partial charge in [0.2, 0.25) is 5.76 Å². The maximum Gasteiger partial charge on any atom is 0.339 e. The zero-order valence-corrected chi connectivity index (χ0v) is 11.6. The van der Waals surface area contributed by atoms with Crippen LogP contribution in [-0.2, 0) is 10.5 Å². The Morgan fingerprint density at radius 2 is 1.65 bits per heavy atom. The molecule has 118 valence electrons. The predicted octanol–water partition coefficient (Wildman–Crippen LogP) is 2.06. The molecule has 5 N–H and O–H groups in total. The van der Waals surface area contributed by atoms with E-state index < -0.39 is 40.3 Å². The van der Waals surface area contributed by atoms with Crippen molar-refractivity contribution in [3.63, 3.8) is 0 Å². The van der Waals surface area contributed by atoms with E-state index in [9.17, 15) is 25.2 Å². The molecule has 7 nitrogen and oxygen atoms in total. The van der Waals surface area contributed by atoms with Gasteiger partial charge in [-0.2, -0.15) is 0 Å². The summed E-state index contributed by atoms with van der Waals surface area (Å²) >= 11 is 0. The van der Waals surface area contributed by atoms with Crippen LogP contribution in [0.4, 0.5) is 0 Å². The number of aromatic hydroxyl groups is 1. The minimum absolute atomic E-state index is 0.0958. The molecule has 0 radical (unpaired) electrons. The Bertz CT molecular complexity index is 826. The van der Waals surface area contributed by atoms with Crippen LogP contribution in [0, 0.1) is 0 Å². The second-order valence-corrected chi connectivity index (χ2v) is 4.96. The molecular weight excluding hydrogens is 304 g/mol. The number of carboxylic acids is 1. The molecule has 0 aromatic heterocycles. The Morgan fingerprint density at radius 1 is 1.00 bits per heavy atom. The molecule has 0 amide bonds. The normalized spacial score (nSPS) is 19.9. The number of rotatable bonds is 2. The maximum atomic E-state index is 11.1. The molecule has 0 bridgehead atoms. The first-order valence-corrected chi connectivity index (χ1v) is 6.55. The van der Waals surface area contributed by atoms with E-state index in [1.54, 1.807) is 18.2 Å². The lowest BCUT2D eigenvalue weighted by molar-refractivity contribution is -0.182. The molecule has 0 saturated carbocycles. The molecule has 1 aliphatic heterocycles. The van der Waals surface area contributed by atoms with E-state index in [1.165, 1.54) is 18.2 Å². The highest BCUT2D eigenvalue weighted by Crippen LogP contribution is 2.45.